The maximum Gasteiger partial charge on any atom is 0.337 e. The minimum atomic E-state index is -0.430. The SMILES string of the molecule is Cc1cccc(-n2nc(C(C)C)cc2OC(=O)C=Cc2ccccc2)c1C. The van der Waals surface area contributed by atoms with Gasteiger partial charge in [-0.1, -0.05) is 56.3 Å². The second-order valence-electron chi connectivity index (χ2n) is 6.86. The highest BCUT2D eigenvalue weighted by Crippen LogP contribution is 2.27. The van der Waals surface area contributed by atoms with Crippen molar-refractivity contribution >= 4 is 12.0 Å². The maximum absolute atomic E-state index is 12.4. The van der Waals surface area contributed by atoms with E-state index in [-0.39, 0.29) is 5.92 Å². The lowest BCUT2D eigenvalue weighted by molar-refractivity contribution is -0.129. The van der Waals surface area contributed by atoms with Gasteiger partial charge in [0.15, 0.2) is 0 Å². The zero-order chi connectivity index (χ0) is 19.4. The van der Waals surface area contributed by atoms with Gasteiger partial charge in [0.05, 0.1) is 11.4 Å². The summed E-state index contributed by atoms with van der Waals surface area (Å²) in [5.74, 6) is 0.226. The number of hydrogen-bond donors (Lipinski definition) is 0. The number of nitrogens with zero attached hydrogens (tertiary/aromatic N) is 2. The molecule has 0 fully saturated rings. The van der Waals surface area contributed by atoms with Crippen molar-refractivity contribution < 1.29 is 9.53 Å². The Morgan fingerprint density at radius 3 is 2.52 bits per heavy atom. The minimum absolute atomic E-state index is 0.230. The largest absolute Gasteiger partial charge is 0.404 e. The molecule has 0 saturated heterocycles. The molecule has 0 bridgehead atoms. The molecule has 3 aromatic rings. The zero-order valence-electron chi connectivity index (χ0n) is 16.1. The second kappa shape index (κ2) is 8.04. The van der Waals surface area contributed by atoms with Crippen LogP contribution >= 0.6 is 0 Å². The molecule has 27 heavy (non-hydrogen) atoms. The van der Waals surface area contributed by atoms with Crippen LogP contribution in [0.25, 0.3) is 11.8 Å². The van der Waals surface area contributed by atoms with E-state index in [9.17, 15) is 4.79 Å². The maximum atomic E-state index is 12.4. The molecule has 0 N–H and O–H groups in total. The molecule has 0 saturated carbocycles. The van der Waals surface area contributed by atoms with Crippen LogP contribution in [0.4, 0.5) is 0 Å². The van der Waals surface area contributed by atoms with Crippen LogP contribution in [-0.4, -0.2) is 15.7 Å². The van der Waals surface area contributed by atoms with Crippen LogP contribution in [0.5, 0.6) is 5.88 Å². The highest BCUT2D eigenvalue weighted by molar-refractivity contribution is 5.88. The fraction of sp³-hybridized carbons (Fsp3) is 0.217. The molecule has 2 aromatic carbocycles. The van der Waals surface area contributed by atoms with Gasteiger partial charge in [-0.05, 0) is 48.6 Å². The van der Waals surface area contributed by atoms with Gasteiger partial charge in [0, 0.05) is 12.1 Å². The highest BCUT2D eigenvalue weighted by atomic mass is 16.5. The average Bonchev–Trinajstić information content (AvgIpc) is 3.07. The summed E-state index contributed by atoms with van der Waals surface area (Å²) in [6, 6.07) is 17.5. The molecular formula is C23H24N2O2. The summed E-state index contributed by atoms with van der Waals surface area (Å²) >= 11 is 0. The van der Waals surface area contributed by atoms with E-state index in [1.165, 1.54) is 6.08 Å². The van der Waals surface area contributed by atoms with Gasteiger partial charge in [-0.15, -0.1) is 0 Å². The van der Waals surface area contributed by atoms with Crippen LogP contribution in [0.2, 0.25) is 0 Å². The Labute approximate surface area is 160 Å². The number of benzene rings is 2. The van der Waals surface area contributed by atoms with Crippen molar-refractivity contribution in [2.24, 2.45) is 0 Å². The third-order valence-electron chi connectivity index (χ3n) is 4.51. The molecule has 0 radical (unpaired) electrons. The molecule has 0 spiro atoms. The molecule has 1 heterocycles. The van der Waals surface area contributed by atoms with E-state index in [0.717, 1.165) is 28.1 Å². The van der Waals surface area contributed by atoms with Crippen molar-refractivity contribution in [2.75, 3.05) is 0 Å². The minimum Gasteiger partial charge on any atom is -0.404 e. The van der Waals surface area contributed by atoms with E-state index < -0.39 is 5.97 Å². The molecule has 1 aromatic heterocycles. The fourth-order valence-corrected chi connectivity index (χ4v) is 2.74. The Morgan fingerprint density at radius 2 is 1.81 bits per heavy atom. The Balaban J connectivity index is 1.91. The molecule has 138 valence electrons. The smallest absolute Gasteiger partial charge is 0.337 e. The Morgan fingerprint density at radius 1 is 1.07 bits per heavy atom. The van der Waals surface area contributed by atoms with E-state index in [0.29, 0.717) is 5.88 Å². The van der Waals surface area contributed by atoms with Crippen LogP contribution < -0.4 is 4.74 Å². The van der Waals surface area contributed by atoms with Crippen molar-refractivity contribution in [3.05, 3.63) is 83.1 Å². The van der Waals surface area contributed by atoms with Crippen LogP contribution in [-0.2, 0) is 4.79 Å². The zero-order valence-corrected chi connectivity index (χ0v) is 16.1. The Hall–Kier alpha value is -3.14. The summed E-state index contributed by atoms with van der Waals surface area (Å²) in [6.45, 7) is 8.23. The number of ether oxygens (including phenoxy) is 1. The number of carbonyl (C=O) groups excluding carboxylic acids is 1. The Bertz CT molecular complexity index is 969. The second-order valence-corrected chi connectivity index (χ2v) is 6.86. The summed E-state index contributed by atoms with van der Waals surface area (Å²) < 4.78 is 7.34. The molecule has 0 unspecified atom stereocenters. The van der Waals surface area contributed by atoms with Gasteiger partial charge in [-0.3, -0.25) is 0 Å². The Kier molecular flexibility index (Phi) is 5.55. The first-order chi connectivity index (χ1) is 13.0. The van der Waals surface area contributed by atoms with Crippen molar-refractivity contribution in [3.8, 4) is 11.6 Å². The first-order valence-electron chi connectivity index (χ1n) is 9.07. The predicted molar refractivity (Wildman–Crippen MR) is 108 cm³/mol. The van der Waals surface area contributed by atoms with Crippen molar-refractivity contribution in [1.82, 2.24) is 9.78 Å². The van der Waals surface area contributed by atoms with Gasteiger partial charge in [0.2, 0.25) is 5.88 Å². The number of aryl methyl sites for hydroxylation is 1. The third-order valence-corrected chi connectivity index (χ3v) is 4.51. The summed E-state index contributed by atoms with van der Waals surface area (Å²) in [6.07, 6.45) is 3.18. The van der Waals surface area contributed by atoms with Crippen LogP contribution in [0.15, 0.2) is 60.7 Å². The fourth-order valence-electron chi connectivity index (χ4n) is 2.74. The molecular weight excluding hydrogens is 336 g/mol. The average molecular weight is 360 g/mol. The number of hydrogen-bond acceptors (Lipinski definition) is 3. The van der Waals surface area contributed by atoms with Crippen molar-refractivity contribution in [2.45, 2.75) is 33.6 Å². The first-order valence-corrected chi connectivity index (χ1v) is 9.07. The number of aromatic nitrogens is 2. The van der Waals surface area contributed by atoms with Crippen molar-refractivity contribution in [1.29, 1.82) is 0 Å². The lowest BCUT2D eigenvalue weighted by atomic mass is 10.1. The normalized spacial score (nSPS) is 11.3. The number of carbonyl (C=O) groups is 1. The van der Waals surface area contributed by atoms with Crippen LogP contribution in [0, 0.1) is 13.8 Å². The van der Waals surface area contributed by atoms with Gasteiger partial charge in [0.1, 0.15) is 0 Å². The van der Waals surface area contributed by atoms with E-state index in [4.69, 9.17) is 4.74 Å². The number of esters is 1. The topological polar surface area (TPSA) is 44.1 Å². The summed E-state index contributed by atoms with van der Waals surface area (Å²) in [7, 11) is 0. The lowest BCUT2D eigenvalue weighted by Gasteiger charge is -2.11. The standard InChI is InChI=1S/C23H24N2O2/c1-16(2)20-15-22(25(24-20)21-12-8-9-17(3)18(21)4)27-23(26)14-13-19-10-6-5-7-11-19/h5-16H,1-4H3. The van der Waals surface area contributed by atoms with Gasteiger partial charge >= 0.3 is 5.97 Å². The van der Waals surface area contributed by atoms with Gasteiger partial charge in [0.25, 0.3) is 0 Å². The van der Waals surface area contributed by atoms with Crippen LogP contribution in [0.3, 0.4) is 0 Å². The van der Waals surface area contributed by atoms with Gasteiger partial charge in [-0.25, -0.2) is 9.48 Å². The quantitative estimate of drug-likeness (QED) is 0.462. The molecule has 0 amide bonds. The molecule has 0 aliphatic heterocycles. The van der Waals surface area contributed by atoms with E-state index >= 15 is 0 Å². The van der Waals surface area contributed by atoms with Crippen molar-refractivity contribution in [3.63, 3.8) is 0 Å². The molecule has 4 heteroatoms. The lowest BCUT2D eigenvalue weighted by Crippen LogP contribution is -2.09. The van der Waals surface area contributed by atoms with E-state index in [2.05, 4.69) is 31.9 Å². The summed E-state index contributed by atoms with van der Waals surface area (Å²) in [5.41, 5.74) is 5.01. The third kappa shape index (κ3) is 4.34. The van der Waals surface area contributed by atoms with Gasteiger partial charge < -0.3 is 4.74 Å². The molecule has 0 atom stereocenters. The first kappa shape index (κ1) is 18.6. The highest BCUT2D eigenvalue weighted by Gasteiger charge is 2.17. The van der Waals surface area contributed by atoms with E-state index in [1.54, 1.807) is 10.8 Å². The molecule has 4 nitrogen and oxygen atoms in total. The predicted octanol–water partition coefficient (Wildman–Crippen LogP) is 5.23. The van der Waals surface area contributed by atoms with Gasteiger partial charge in [-0.2, -0.15) is 5.10 Å². The summed E-state index contributed by atoms with van der Waals surface area (Å²) in [5, 5.41) is 4.67. The van der Waals surface area contributed by atoms with E-state index in [1.807, 2.05) is 55.5 Å². The van der Waals surface area contributed by atoms with Crippen LogP contribution in [0.1, 0.15) is 42.1 Å². The number of rotatable bonds is 5. The molecule has 0 aliphatic carbocycles. The monoisotopic (exact) mass is 360 g/mol. The molecule has 3 rings (SSSR count). The summed E-state index contributed by atoms with van der Waals surface area (Å²) in [4.78, 5) is 12.4. The molecule has 0 aliphatic rings.